The van der Waals surface area contributed by atoms with Gasteiger partial charge in [-0.1, -0.05) is 54.8 Å². The summed E-state index contributed by atoms with van der Waals surface area (Å²) in [6.07, 6.45) is 1.74. The van der Waals surface area contributed by atoms with Crippen LogP contribution in [0.4, 0.5) is 5.95 Å². The predicted octanol–water partition coefficient (Wildman–Crippen LogP) is 3.89. The molecule has 0 saturated heterocycles. The average molecular weight is 450 g/mol. The number of hydrogen-bond donors (Lipinski definition) is 1. The Hall–Kier alpha value is -3.88. The van der Waals surface area contributed by atoms with Gasteiger partial charge in [-0.2, -0.15) is 4.68 Å². The van der Waals surface area contributed by atoms with Gasteiger partial charge < -0.3 is 19.5 Å². The van der Waals surface area contributed by atoms with E-state index in [2.05, 4.69) is 20.8 Å². The Morgan fingerprint density at radius 2 is 1.97 bits per heavy atom. The van der Waals surface area contributed by atoms with Crippen LogP contribution in [0.2, 0.25) is 0 Å². The number of nitrogens with zero attached hydrogens (tertiary/aromatic N) is 4. The molecule has 3 aromatic rings. The van der Waals surface area contributed by atoms with E-state index in [-0.39, 0.29) is 0 Å². The highest BCUT2D eigenvalue weighted by molar-refractivity contribution is 5.92. The fourth-order valence-corrected chi connectivity index (χ4v) is 3.68. The van der Waals surface area contributed by atoms with Crippen LogP contribution in [0.15, 0.2) is 59.8 Å². The van der Waals surface area contributed by atoms with Crippen LogP contribution in [0.5, 0.6) is 11.5 Å². The number of fused-ring (bicyclic) bond motifs is 1. The maximum atomic E-state index is 13.0. The number of carbonyl (C=O) groups excluding carboxylic acids is 1. The fourth-order valence-electron chi connectivity index (χ4n) is 3.68. The number of nitrogens with one attached hydrogen (secondary N) is 1. The number of rotatable bonds is 9. The Labute approximate surface area is 192 Å². The number of anilines is 1. The minimum Gasteiger partial charge on any atom is -0.493 e. The molecule has 1 aliphatic heterocycles. The van der Waals surface area contributed by atoms with Gasteiger partial charge in [-0.25, -0.2) is 4.79 Å². The van der Waals surface area contributed by atoms with Gasteiger partial charge in [0.2, 0.25) is 5.95 Å². The van der Waals surface area contributed by atoms with E-state index in [4.69, 9.17) is 14.2 Å². The summed E-state index contributed by atoms with van der Waals surface area (Å²) in [5, 5.41) is 15.0. The zero-order valence-corrected chi connectivity index (χ0v) is 18.9. The standard InChI is InChI=1S/C24H27N5O4/c1-4-5-13-32-23(30)21-16(2)25-24-26-27-28-29(24)22(21)18-11-12-19(20(14-18)31-3)33-15-17-9-7-6-8-10-17/h6-12,14,22H,4-5,13,15H2,1-3H3,(H,25,26,28). The van der Waals surface area contributed by atoms with Crippen LogP contribution in [-0.2, 0) is 16.1 Å². The van der Waals surface area contributed by atoms with Crippen molar-refractivity contribution in [1.29, 1.82) is 0 Å². The van der Waals surface area contributed by atoms with Gasteiger partial charge in [0, 0.05) is 5.70 Å². The number of carbonyl (C=O) groups is 1. The van der Waals surface area contributed by atoms with E-state index in [0.717, 1.165) is 24.0 Å². The number of benzene rings is 2. The summed E-state index contributed by atoms with van der Waals surface area (Å²) in [7, 11) is 1.58. The average Bonchev–Trinajstić information content (AvgIpc) is 3.30. The number of methoxy groups -OCH3 is 1. The van der Waals surface area contributed by atoms with E-state index in [9.17, 15) is 4.79 Å². The molecule has 0 amide bonds. The molecule has 0 bridgehead atoms. The lowest BCUT2D eigenvalue weighted by Gasteiger charge is -2.27. The van der Waals surface area contributed by atoms with Crippen molar-refractivity contribution in [1.82, 2.24) is 20.2 Å². The monoisotopic (exact) mass is 449 g/mol. The second-order valence-electron chi connectivity index (χ2n) is 7.69. The second-order valence-corrected chi connectivity index (χ2v) is 7.69. The fraction of sp³-hybridized carbons (Fsp3) is 0.333. The van der Waals surface area contributed by atoms with Gasteiger partial charge in [0.15, 0.2) is 11.5 Å². The molecule has 0 saturated carbocycles. The topological polar surface area (TPSA) is 100 Å². The van der Waals surface area contributed by atoms with E-state index in [1.54, 1.807) is 11.8 Å². The van der Waals surface area contributed by atoms with E-state index in [0.29, 0.717) is 41.9 Å². The molecule has 9 nitrogen and oxygen atoms in total. The maximum absolute atomic E-state index is 13.0. The van der Waals surface area contributed by atoms with Crippen LogP contribution in [0.25, 0.3) is 0 Å². The van der Waals surface area contributed by atoms with Crippen molar-refractivity contribution in [2.24, 2.45) is 0 Å². The van der Waals surface area contributed by atoms with Gasteiger partial charge in [-0.15, -0.1) is 0 Å². The van der Waals surface area contributed by atoms with Crippen molar-refractivity contribution < 1.29 is 19.0 Å². The molecule has 0 radical (unpaired) electrons. The molecule has 0 aliphatic carbocycles. The highest BCUT2D eigenvalue weighted by Crippen LogP contribution is 2.38. The minimum absolute atomic E-state index is 0.358. The van der Waals surface area contributed by atoms with Gasteiger partial charge in [0.05, 0.1) is 19.3 Å². The number of aromatic nitrogens is 4. The van der Waals surface area contributed by atoms with E-state index in [1.807, 2.05) is 62.4 Å². The van der Waals surface area contributed by atoms with E-state index in [1.165, 1.54) is 0 Å². The highest BCUT2D eigenvalue weighted by Gasteiger charge is 2.35. The van der Waals surface area contributed by atoms with Gasteiger partial charge in [-0.05, 0) is 47.0 Å². The van der Waals surface area contributed by atoms with E-state index < -0.39 is 12.0 Å². The molecule has 1 unspecified atom stereocenters. The summed E-state index contributed by atoms with van der Waals surface area (Å²) < 4.78 is 18.7. The quantitative estimate of drug-likeness (QED) is 0.388. The molecular formula is C24H27N5O4. The lowest BCUT2D eigenvalue weighted by Crippen LogP contribution is -2.30. The summed E-state index contributed by atoms with van der Waals surface area (Å²) in [6, 6.07) is 14.9. The Kier molecular flexibility index (Phi) is 6.87. The molecule has 2 heterocycles. The van der Waals surface area contributed by atoms with Gasteiger partial charge in [0.1, 0.15) is 12.6 Å². The first-order valence-corrected chi connectivity index (χ1v) is 10.9. The van der Waals surface area contributed by atoms with Crippen LogP contribution in [0, 0.1) is 0 Å². The Morgan fingerprint density at radius 1 is 1.15 bits per heavy atom. The lowest BCUT2D eigenvalue weighted by atomic mass is 9.95. The van der Waals surface area contributed by atoms with Crippen molar-refractivity contribution in [2.45, 2.75) is 39.3 Å². The van der Waals surface area contributed by atoms with Gasteiger partial charge >= 0.3 is 5.97 Å². The van der Waals surface area contributed by atoms with Gasteiger partial charge in [-0.3, -0.25) is 0 Å². The van der Waals surface area contributed by atoms with Crippen molar-refractivity contribution in [2.75, 3.05) is 19.0 Å². The Balaban J connectivity index is 1.65. The smallest absolute Gasteiger partial charge is 0.338 e. The number of hydrogen-bond acceptors (Lipinski definition) is 8. The SMILES string of the molecule is CCCCOC(=O)C1=C(C)Nc2nnnn2C1c1ccc(OCc2ccccc2)c(OC)c1. The zero-order chi connectivity index (χ0) is 23.2. The normalized spacial score (nSPS) is 14.9. The zero-order valence-electron chi connectivity index (χ0n) is 18.9. The molecule has 1 aliphatic rings. The third-order valence-electron chi connectivity index (χ3n) is 5.41. The molecule has 0 fully saturated rings. The molecular weight excluding hydrogens is 422 g/mol. The molecule has 4 rings (SSSR count). The van der Waals surface area contributed by atoms with Crippen LogP contribution >= 0.6 is 0 Å². The molecule has 1 atom stereocenters. The lowest BCUT2D eigenvalue weighted by molar-refractivity contribution is -0.139. The summed E-state index contributed by atoms with van der Waals surface area (Å²) in [5.41, 5.74) is 2.92. The number of unbranched alkanes of at least 4 members (excludes halogenated alkanes) is 1. The molecule has 33 heavy (non-hydrogen) atoms. The first kappa shape index (κ1) is 22.3. The summed E-state index contributed by atoms with van der Waals surface area (Å²) in [6.45, 7) is 4.63. The summed E-state index contributed by atoms with van der Waals surface area (Å²) >= 11 is 0. The van der Waals surface area contributed by atoms with Crippen LogP contribution in [0.1, 0.15) is 43.9 Å². The largest absolute Gasteiger partial charge is 0.493 e. The predicted molar refractivity (Wildman–Crippen MR) is 122 cm³/mol. The van der Waals surface area contributed by atoms with Crippen molar-refractivity contribution in [3.05, 3.63) is 70.9 Å². The van der Waals surface area contributed by atoms with Crippen molar-refractivity contribution >= 4 is 11.9 Å². The molecule has 9 heteroatoms. The number of tetrazole rings is 1. The number of allylic oxidation sites excluding steroid dienone is 1. The second kappa shape index (κ2) is 10.2. The Bertz CT molecular complexity index is 1140. The highest BCUT2D eigenvalue weighted by atomic mass is 16.5. The molecule has 1 aromatic heterocycles. The Morgan fingerprint density at radius 3 is 2.73 bits per heavy atom. The van der Waals surface area contributed by atoms with Gasteiger partial charge in [0.25, 0.3) is 0 Å². The molecule has 2 aromatic carbocycles. The third kappa shape index (κ3) is 4.82. The van der Waals surface area contributed by atoms with Crippen molar-refractivity contribution in [3.63, 3.8) is 0 Å². The first-order valence-electron chi connectivity index (χ1n) is 10.9. The molecule has 1 N–H and O–H groups in total. The van der Waals surface area contributed by atoms with Crippen LogP contribution < -0.4 is 14.8 Å². The number of ether oxygens (including phenoxy) is 3. The van der Waals surface area contributed by atoms with Crippen molar-refractivity contribution in [3.8, 4) is 11.5 Å². The number of esters is 1. The summed E-state index contributed by atoms with van der Waals surface area (Å²) in [5.74, 6) is 1.20. The van der Waals surface area contributed by atoms with Crippen LogP contribution in [-0.4, -0.2) is 39.9 Å². The summed E-state index contributed by atoms with van der Waals surface area (Å²) in [4.78, 5) is 13.0. The minimum atomic E-state index is -0.567. The van der Waals surface area contributed by atoms with Crippen LogP contribution in [0.3, 0.4) is 0 Å². The third-order valence-corrected chi connectivity index (χ3v) is 5.41. The maximum Gasteiger partial charge on any atom is 0.338 e. The van der Waals surface area contributed by atoms with E-state index >= 15 is 0 Å². The molecule has 172 valence electrons. The molecule has 0 spiro atoms. The first-order chi connectivity index (χ1) is 16.1.